The zero-order chi connectivity index (χ0) is 20.5. The van der Waals surface area contributed by atoms with Crippen LogP contribution in [-0.2, 0) is 6.42 Å². The Morgan fingerprint density at radius 2 is 1.73 bits per heavy atom. The summed E-state index contributed by atoms with van der Waals surface area (Å²) >= 11 is 0. The van der Waals surface area contributed by atoms with E-state index in [1.165, 1.54) is 6.07 Å². The first-order chi connectivity index (χ1) is 14.7. The molecule has 0 fully saturated rings. The monoisotopic (exact) mass is 398 g/mol. The van der Waals surface area contributed by atoms with E-state index in [1.807, 2.05) is 65.3 Å². The lowest BCUT2D eigenvalue weighted by Crippen LogP contribution is -2.03. The van der Waals surface area contributed by atoms with E-state index < -0.39 is 0 Å². The first-order valence-corrected chi connectivity index (χ1v) is 9.62. The molecule has 7 nitrogen and oxygen atoms in total. The molecule has 0 atom stereocenters. The lowest BCUT2D eigenvalue weighted by atomic mass is 10.1. The zero-order valence-electron chi connectivity index (χ0n) is 16.0. The van der Waals surface area contributed by atoms with Crippen molar-refractivity contribution in [2.45, 2.75) is 6.42 Å². The summed E-state index contributed by atoms with van der Waals surface area (Å²) in [7, 11) is 0. The lowest BCUT2D eigenvalue weighted by molar-refractivity contribution is -0.384. The molecule has 148 valence electrons. The molecule has 7 heteroatoms. The summed E-state index contributed by atoms with van der Waals surface area (Å²) in [5.74, 6) is 2.40. The standard InChI is InChI=1S/C23H18N4O3/c28-27(29)18-8-11-22-17(14-18)12-13-24-23-15-21(25-26(22)23)16-6-9-20(10-7-16)30-19-4-2-1-3-5-19/h1-11,14-15,24H,12-13H2. The van der Waals surface area contributed by atoms with Crippen molar-refractivity contribution in [1.29, 1.82) is 0 Å². The van der Waals surface area contributed by atoms with Crippen molar-refractivity contribution in [3.8, 4) is 28.4 Å². The van der Waals surface area contributed by atoms with Gasteiger partial charge in [-0.1, -0.05) is 18.2 Å². The first-order valence-electron chi connectivity index (χ1n) is 9.62. The van der Waals surface area contributed by atoms with Gasteiger partial charge in [-0.25, -0.2) is 4.68 Å². The number of anilines is 1. The van der Waals surface area contributed by atoms with Crippen LogP contribution < -0.4 is 10.1 Å². The fourth-order valence-corrected chi connectivity index (χ4v) is 3.57. The number of para-hydroxylation sites is 1. The van der Waals surface area contributed by atoms with Crippen LogP contribution in [0.5, 0.6) is 11.5 Å². The fourth-order valence-electron chi connectivity index (χ4n) is 3.57. The highest BCUT2D eigenvalue weighted by Gasteiger charge is 2.19. The molecule has 0 saturated heterocycles. The normalized spacial score (nSPS) is 12.3. The van der Waals surface area contributed by atoms with Crippen molar-refractivity contribution in [3.63, 3.8) is 0 Å². The molecule has 1 aliphatic heterocycles. The average molecular weight is 398 g/mol. The predicted octanol–water partition coefficient (Wildman–Crippen LogP) is 5.21. The van der Waals surface area contributed by atoms with Crippen LogP contribution in [0, 0.1) is 10.1 Å². The molecule has 0 amide bonds. The summed E-state index contributed by atoms with van der Waals surface area (Å²) < 4.78 is 7.67. The number of nitro benzene ring substituents is 1. The van der Waals surface area contributed by atoms with Crippen molar-refractivity contribution in [1.82, 2.24) is 9.78 Å². The first kappa shape index (κ1) is 17.9. The number of ether oxygens (including phenoxy) is 1. The smallest absolute Gasteiger partial charge is 0.269 e. The predicted molar refractivity (Wildman–Crippen MR) is 114 cm³/mol. The van der Waals surface area contributed by atoms with Gasteiger partial charge in [0.1, 0.15) is 17.3 Å². The van der Waals surface area contributed by atoms with Crippen LogP contribution in [0.2, 0.25) is 0 Å². The van der Waals surface area contributed by atoms with Gasteiger partial charge in [0.05, 0.1) is 16.3 Å². The number of hydrogen-bond acceptors (Lipinski definition) is 5. The lowest BCUT2D eigenvalue weighted by Gasteiger charge is -2.07. The Kier molecular flexibility index (Phi) is 4.40. The molecule has 1 aliphatic rings. The second kappa shape index (κ2) is 7.36. The Morgan fingerprint density at radius 3 is 2.50 bits per heavy atom. The number of nitro groups is 1. The molecule has 0 unspecified atom stereocenters. The van der Waals surface area contributed by atoms with E-state index >= 15 is 0 Å². The van der Waals surface area contributed by atoms with Gasteiger partial charge in [-0.05, 0) is 54.4 Å². The Morgan fingerprint density at radius 1 is 0.967 bits per heavy atom. The number of benzene rings is 3. The molecule has 1 N–H and O–H groups in total. The molecule has 2 heterocycles. The number of nitrogens with one attached hydrogen (secondary N) is 1. The van der Waals surface area contributed by atoms with Gasteiger partial charge in [-0.3, -0.25) is 10.1 Å². The van der Waals surface area contributed by atoms with Gasteiger partial charge in [-0.2, -0.15) is 5.10 Å². The molecule has 0 bridgehead atoms. The summed E-state index contributed by atoms with van der Waals surface area (Å²) in [5.41, 5.74) is 3.63. The molecule has 30 heavy (non-hydrogen) atoms. The van der Waals surface area contributed by atoms with E-state index in [1.54, 1.807) is 12.1 Å². The maximum absolute atomic E-state index is 11.1. The highest BCUT2D eigenvalue weighted by atomic mass is 16.6. The summed E-state index contributed by atoms with van der Waals surface area (Å²) in [6.07, 6.45) is 0.696. The number of nitrogens with zero attached hydrogens (tertiary/aromatic N) is 3. The van der Waals surface area contributed by atoms with E-state index in [9.17, 15) is 10.1 Å². The van der Waals surface area contributed by atoms with Gasteiger partial charge in [-0.15, -0.1) is 0 Å². The number of non-ortho nitro benzene ring substituents is 1. The van der Waals surface area contributed by atoms with Gasteiger partial charge < -0.3 is 10.1 Å². The van der Waals surface area contributed by atoms with Crippen LogP contribution in [0.15, 0.2) is 78.9 Å². The molecule has 3 aromatic carbocycles. The largest absolute Gasteiger partial charge is 0.457 e. The van der Waals surface area contributed by atoms with Crippen molar-refractivity contribution >= 4 is 11.5 Å². The third-order valence-electron chi connectivity index (χ3n) is 5.04. The van der Waals surface area contributed by atoms with Crippen LogP contribution in [0.3, 0.4) is 0 Å². The summed E-state index contributed by atoms with van der Waals surface area (Å²) in [6.45, 7) is 0.684. The van der Waals surface area contributed by atoms with Crippen LogP contribution >= 0.6 is 0 Å². The quantitative estimate of drug-likeness (QED) is 0.377. The summed E-state index contributed by atoms with van der Waals surface area (Å²) in [6, 6.07) is 24.3. The maximum Gasteiger partial charge on any atom is 0.269 e. The highest BCUT2D eigenvalue weighted by Crippen LogP contribution is 2.31. The average Bonchev–Trinajstić information content (AvgIpc) is 3.11. The van der Waals surface area contributed by atoms with Gasteiger partial charge in [0.15, 0.2) is 0 Å². The Labute approximate surface area is 172 Å². The minimum Gasteiger partial charge on any atom is -0.457 e. The molecule has 0 saturated carbocycles. The Bertz CT molecular complexity index is 1220. The van der Waals surface area contributed by atoms with Crippen molar-refractivity contribution in [2.24, 2.45) is 0 Å². The van der Waals surface area contributed by atoms with E-state index in [-0.39, 0.29) is 10.6 Å². The Hall–Kier alpha value is -4.13. The summed E-state index contributed by atoms with van der Waals surface area (Å²) in [4.78, 5) is 10.7. The van der Waals surface area contributed by atoms with Crippen LogP contribution in [0.4, 0.5) is 11.5 Å². The van der Waals surface area contributed by atoms with E-state index in [4.69, 9.17) is 9.84 Å². The minimum absolute atomic E-state index is 0.0959. The molecular weight excluding hydrogens is 380 g/mol. The third-order valence-corrected chi connectivity index (χ3v) is 5.04. The Balaban J connectivity index is 1.45. The highest BCUT2D eigenvalue weighted by molar-refractivity contribution is 5.67. The van der Waals surface area contributed by atoms with Gasteiger partial charge >= 0.3 is 0 Å². The molecule has 0 aliphatic carbocycles. The molecule has 4 aromatic rings. The van der Waals surface area contributed by atoms with Crippen molar-refractivity contribution in [3.05, 3.63) is 94.5 Å². The van der Waals surface area contributed by atoms with Crippen molar-refractivity contribution in [2.75, 3.05) is 11.9 Å². The van der Waals surface area contributed by atoms with Crippen LogP contribution in [0.25, 0.3) is 16.9 Å². The zero-order valence-corrected chi connectivity index (χ0v) is 16.0. The van der Waals surface area contributed by atoms with Gasteiger partial charge in [0, 0.05) is 30.3 Å². The molecular formula is C23H18N4O3. The molecule has 0 radical (unpaired) electrons. The SMILES string of the molecule is O=[N+]([O-])c1ccc2c(c1)CCNc1cc(-c3ccc(Oc4ccccc4)cc3)nn1-2. The van der Waals surface area contributed by atoms with E-state index in [2.05, 4.69) is 5.32 Å². The minimum atomic E-state index is -0.368. The van der Waals surface area contributed by atoms with E-state index in [0.29, 0.717) is 13.0 Å². The number of rotatable bonds is 4. The summed E-state index contributed by atoms with van der Waals surface area (Å²) in [5, 5.41) is 19.2. The molecule has 1 aromatic heterocycles. The third kappa shape index (κ3) is 3.37. The van der Waals surface area contributed by atoms with E-state index in [0.717, 1.165) is 39.8 Å². The van der Waals surface area contributed by atoms with Crippen LogP contribution in [0.1, 0.15) is 5.56 Å². The second-order valence-corrected chi connectivity index (χ2v) is 7.01. The molecule has 5 rings (SSSR count). The number of fused-ring (bicyclic) bond motifs is 3. The second-order valence-electron chi connectivity index (χ2n) is 7.01. The number of aromatic nitrogens is 2. The fraction of sp³-hybridized carbons (Fsp3) is 0.0870. The van der Waals surface area contributed by atoms with Crippen molar-refractivity contribution < 1.29 is 9.66 Å². The topological polar surface area (TPSA) is 82.2 Å². The maximum atomic E-state index is 11.1. The van der Waals surface area contributed by atoms with Gasteiger partial charge in [0.2, 0.25) is 0 Å². The molecule has 0 spiro atoms. The van der Waals surface area contributed by atoms with Gasteiger partial charge in [0.25, 0.3) is 5.69 Å². The van der Waals surface area contributed by atoms with Crippen LogP contribution in [-0.4, -0.2) is 21.2 Å². The number of hydrogen-bond donors (Lipinski definition) is 1.